The summed E-state index contributed by atoms with van der Waals surface area (Å²) in [6, 6.07) is 1.08. The number of carboxylic acid groups (broad SMARTS) is 1. The quantitative estimate of drug-likeness (QED) is 0.618. The standard InChI is InChI=1S/C20H20FN5O6S/c1-23-10-31-18-15-11(17(27)14(7-26(15)23)32-20(29)30)6-12(21)16(18)24-2-4-25(5-3-24)19(28)13-8-33-9-22-13/h6-8,22H,2-5,9-10H2,1H3,(H,29,30). The van der Waals surface area contributed by atoms with Crippen LogP contribution >= 0.6 is 11.8 Å². The average molecular weight is 477 g/mol. The molecule has 174 valence electrons. The molecule has 0 saturated carbocycles. The Hall–Kier alpha value is -3.61. The lowest BCUT2D eigenvalue weighted by Crippen LogP contribution is -2.50. The van der Waals surface area contributed by atoms with Gasteiger partial charge in [0, 0.05) is 38.6 Å². The van der Waals surface area contributed by atoms with Gasteiger partial charge in [-0.05, 0) is 6.07 Å². The van der Waals surface area contributed by atoms with E-state index in [1.54, 1.807) is 27.3 Å². The molecule has 2 N–H and O–H groups in total. The molecule has 1 amide bonds. The molecule has 0 bridgehead atoms. The Kier molecular flexibility index (Phi) is 5.19. The van der Waals surface area contributed by atoms with Gasteiger partial charge in [-0.15, -0.1) is 11.8 Å². The zero-order valence-corrected chi connectivity index (χ0v) is 18.4. The Morgan fingerprint density at radius 3 is 2.70 bits per heavy atom. The summed E-state index contributed by atoms with van der Waals surface area (Å²) in [4.78, 5) is 39.9. The fourth-order valence-electron chi connectivity index (χ4n) is 4.18. The molecule has 0 unspecified atom stereocenters. The summed E-state index contributed by atoms with van der Waals surface area (Å²) < 4.78 is 27.3. The minimum absolute atomic E-state index is 0.0455. The van der Waals surface area contributed by atoms with E-state index >= 15 is 4.39 Å². The van der Waals surface area contributed by atoms with Gasteiger partial charge in [0.05, 0.1) is 17.5 Å². The number of nitrogens with zero attached hydrogens (tertiary/aromatic N) is 4. The zero-order valence-electron chi connectivity index (χ0n) is 17.5. The number of anilines is 1. The van der Waals surface area contributed by atoms with Gasteiger partial charge in [-0.3, -0.25) is 19.3 Å². The van der Waals surface area contributed by atoms with Crippen LogP contribution in [0.1, 0.15) is 0 Å². The van der Waals surface area contributed by atoms with E-state index in [4.69, 9.17) is 9.84 Å². The molecule has 4 heterocycles. The van der Waals surface area contributed by atoms with E-state index in [9.17, 15) is 14.4 Å². The lowest BCUT2D eigenvalue weighted by Gasteiger charge is -2.38. The average Bonchev–Trinajstić information content (AvgIpc) is 3.33. The van der Waals surface area contributed by atoms with Gasteiger partial charge in [-0.25, -0.2) is 9.18 Å². The number of amides is 1. The molecule has 2 aromatic rings. The number of carbonyl (C=O) groups is 2. The van der Waals surface area contributed by atoms with Gasteiger partial charge in [-0.2, -0.15) is 0 Å². The summed E-state index contributed by atoms with van der Waals surface area (Å²) in [7, 11) is 1.68. The van der Waals surface area contributed by atoms with Gasteiger partial charge in [0.25, 0.3) is 5.91 Å². The maximum atomic E-state index is 15.3. The van der Waals surface area contributed by atoms with Crippen molar-refractivity contribution in [2.45, 2.75) is 0 Å². The van der Waals surface area contributed by atoms with Crippen molar-refractivity contribution in [2.75, 3.05) is 55.7 Å². The summed E-state index contributed by atoms with van der Waals surface area (Å²) in [5.74, 6) is -0.327. The van der Waals surface area contributed by atoms with Gasteiger partial charge >= 0.3 is 6.16 Å². The van der Waals surface area contributed by atoms with E-state index in [0.717, 1.165) is 6.07 Å². The molecule has 0 aliphatic carbocycles. The zero-order chi connectivity index (χ0) is 23.3. The van der Waals surface area contributed by atoms with Crippen LogP contribution in [-0.4, -0.2) is 72.6 Å². The van der Waals surface area contributed by atoms with Crippen LogP contribution < -0.4 is 30.1 Å². The van der Waals surface area contributed by atoms with Crippen molar-refractivity contribution in [3.8, 4) is 11.5 Å². The summed E-state index contributed by atoms with van der Waals surface area (Å²) in [5.41, 5.74) is 0.338. The minimum atomic E-state index is -1.64. The monoisotopic (exact) mass is 477 g/mol. The molecule has 33 heavy (non-hydrogen) atoms. The Morgan fingerprint density at radius 2 is 2.03 bits per heavy atom. The van der Waals surface area contributed by atoms with E-state index in [-0.39, 0.29) is 29.5 Å². The van der Waals surface area contributed by atoms with Crippen LogP contribution in [0.4, 0.5) is 14.9 Å². The number of aromatic nitrogens is 1. The van der Waals surface area contributed by atoms with Gasteiger partial charge < -0.3 is 29.7 Å². The molecule has 0 atom stereocenters. The number of halogens is 1. The Bertz CT molecular complexity index is 1260. The van der Waals surface area contributed by atoms with Gasteiger partial charge in [0.15, 0.2) is 18.3 Å². The number of rotatable bonds is 3. The van der Waals surface area contributed by atoms with Crippen molar-refractivity contribution >= 4 is 40.4 Å². The first-order valence-electron chi connectivity index (χ1n) is 10.1. The van der Waals surface area contributed by atoms with Crippen LogP contribution in [0.25, 0.3) is 10.9 Å². The third kappa shape index (κ3) is 3.57. The summed E-state index contributed by atoms with van der Waals surface area (Å²) in [5, 5.41) is 15.3. The molecular formula is C20H20FN5O6S. The predicted molar refractivity (Wildman–Crippen MR) is 119 cm³/mol. The molecular weight excluding hydrogens is 457 g/mol. The second-order valence-electron chi connectivity index (χ2n) is 7.70. The maximum absolute atomic E-state index is 15.3. The number of thioether (sulfide) groups is 1. The third-order valence-electron chi connectivity index (χ3n) is 5.74. The Morgan fingerprint density at radius 1 is 1.27 bits per heavy atom. The third-order valence-corrected chi connectivity index (χ3v) is 6.45. The van der Waals surface area contributed by atoms with Crippen LogP contribution in [0.3, 0.4) is 0 Å². The molecule has 1 fully saturated rings. The van der Waals surface area contributed by atoms with Crippen molar-refractivity contribution in [2.24, 2.45) is 0 Å². The first-order valence-corrected chi connectivity index (χ1v) is 11.2. The number of carbonyl (C=O) groups excluding carboxylic acids is 1. The van der Waals surface area contributed by atoms with E-state index in [2.05, 4.69) is 10.1 Å². The van der Waals surface area contributed by atoms with E-state index < -0.39 is 23.2 Å². The number of nitrogens with one attached hydrogen (secondary N) is 1. The van der Waals surface area contributed by atoms with E-state index in [0.29, 0.717) is 43.3 Å². The highest BCUT2D eigenvalue weighted by Crippen LogP contribution is 2.40. The Labute approximate surface area is 190 Å². The number of hydrogen-bond acceptors (Lipinski definition) is 9. The highest BCUT2D eigenvalue weighted by molar-refractivity contribution is 8.02. The number of ether oxygens (including phenoxy) is 2. The molecule has 5 rings (SSSR count). The first-order chi connectivity index (χ1) is 15.8. The number of benzene rings is 1. The molecule has 0 radical (unpaired) electrons. The Balaban J connectivity index is 1.51. The van der Waals surface area contributed by atoms with Crippen molar-refractivity contribution < 1.29 is 28.6 Å². The van der Waals surface area contributed by atoms with Gasteiger partial charge in [0.2, 0.25) is 11.2 Å². The largest absolute Gasteiger partial charge is 0.511 e. The van der Waals surface area contributed by atoms with Crippen molar-refractivity contribution in [3.63, 3.8) is 0 Å². The molecule has 0 spiro atoms. The second-order valence-corrected chi connectivity index (χ2v) is 8.55. The molecule has 1 aromatic heterocycles. The predicted octanol–water partition coefficient (Wildman–Crippen LogP) is 0.899. The summed E-state index contributed by atoms with van der Waals surface area (Å²) in [6.45, 7) is 1.61. The molecule has 1 saturated heterocycles. The van der Waals surface area contributed by atoms with Crippen molar-refractivity contribution in [1.29, 1.82) is 0 Å². The molecule has 3 aliphatic rings. The second kappa shape index (κ2) is 8.06. The highest BCUT2D eigenvalue weighted by Gasteiger charge is 2.32. The SMILES string of the molecule is CN1COc2c(N3CCN(C(=O)C4=CSCN4)CC3)c(F)cc3c(=O)c(OC(=O)O)cn1c23. The minimum Gasteiger partial charge on any atom is -0.467 e. The highest BCUT2D eigenvalue weighted by atomic mass is 32.2. The van der Waals surface area contributed by atoms with Crippen LogP contribution in [0, 0.1) is 5.82 Å². The fourth-order valence-corrected chi connectivity index (χ4v) is 4.85. The first kappa shape index (κ1) is 21.2. The summed E-state index contributed by atoms with van der Waals surface area (Å²) >= 11 is 1.52. The van der Waals surface area contributed by atoms with Crippen molar-refractivity contribution in [3.05, 3.63) is 39.4 Å². The van der Waals surface area contributed by atoms with Gasteiger partial charge in [0.1, 0.15) is 16.9 Å². The number of hydrogen-bond donors (Lipinski definition) is 2. The normalized spacial score (nSPS) is 17.5. The van der Waals surface area contributed by atoms with Crippen molar-refractivity contribution in [1.82, 2.24) is 14.9 Å². The van der Waals surface area contributed by atoms with Gasteiger partial charge in [-0.1, -0.05) is 0 Å². The molecule has 11 nitrogen and oxygen atoms in total. The molecule has 3 aliphatic heterocycles. The van der Waals surface area contributed by atoms with E-state index in [1.807, 2.05) is 0 Å². The number of pyridine rings is 1. The maximum Gasteiger partial charge on any atom is 0.511 e. The number of piperazine rings is 1. The lowest BCUT2D eigenvalue weighted by molar-refractivity contribution is -0.127. The topological polar surface area (TPSA) is 117 Å². The van der Waals surface area contributed by atoms with Crippen LogP contribution in [0.15, 0.2) is 28.2 Å². The summed E-state index contributed by atoms with van der Waals surface area (Å²) in [6.07, 6.45) is -0.385. The lowest BCUT2D eigenvalue weighted by atomic mass is 10.1. The van der Waals surface area contributed by atoms with Crippen LogP contribution in [-0.2, 0) is 4.79 Å². The molecule has 1 aromatic carbocycles. The van der Waals surface area contributed by atoms with Crippen LogP contribution in [0.5, 0.6) is 11.5 Å². The van der Waals surface area contributed by atoms with E-state index in [1.165, 1.54) is 22.6 Å². The van der Waals surface area contributed by atoms with Crippen LogP contribution in [0.2, 0.25) is 0 Å². The molecule has 13 heteroatoms. The smallest absolute Gasteiger partial charge is 0.467 e. The fraction of sp³-hybridized carbons (Fsp3) is 0.350.